The van der Waals surface area contributed by atoms with Crippen LogP contribution < -0.4 is 11.1 Å². The fraction of sp³-hybridized carbons (Fsp3) is 0.167. The van der Waals surface area contributed by atoms with Gasteiger partial charge in [0.15, 0.2) is 10.7 Å². The van der Waals surface area contributed by atoms with Crippen molar-refractivity contribution in [2.75, 3.05) is 18.4 Å². The second-order valence-electron chi connectivity index (χ2n) is 3.65. The molecule has 0 fully saturated rings. The van der Waals surface area contributed by atoms with E-state index >= 15 is 0 Å². The molecule has 0 spiro atoms. The van der Waals surface area contributed by atoms with Gasteiger partial charge in [0.05, 0.1) is 4.90 Å². The molecule has 0 aromatic heterocycles. The van der Waals surface area contributed by atoms with Crippen molar-refractivity contribution >= 4 is 27.2 Å². The number of hydrogen-bond acceptors (Lipinski definition) is 4. The maximum atomic E-state index is 11.1. The summed E-state index contributed by atoms with van der Waals surface area (Å²) in [5.41, 5.74) is 6.35. The fourth-order valence-electron chi connectivity index (χ4n) is 1.81. The van der Waals surface area contributed by atoms with Crippen molar-refractivity contribution < 1.29 is 8.42 Å². The van der Waals surface area contributed by atoms with E-state index in [2.05, 4.69) is 5.32 Å². The van der Waals surface area contributed by atoms with Gasteiger partial charge >= 0.3 is 0 Å². The summed E-state index contributed by atoms with van der Waals surface area (Å²) in [4.78, 5) is 0.355. The van der Waals surface area contributed by atoms with E-state index in [0.29, 0.717) is 18.0 Å². The average Bonchev–Trinajstić information content (AvgIpc) is 2.35. The van der Waals surface area contributed by atoms with Crippen molar-refractivity contribution in [1.82, 2.24) is 0 Å². The zero-order valence-corrected chi connectivity index (χ0v) is 10.1. The Morgan fingerprint density at radius 1 is 1.06 bits per heavy atom. The van der Waals surface area contributed by atoms with E-state index in [0.717, 1.165) is 16.5 Å². The Morgan fingerprint density at radius 3 is 2.47 bits per heavy atom. The van der Waals surface area contributed by atoms with Crippen LogP contribution in [0.3, 0.4) is 0 Å². The topological polar surface area (TPSA) is 72.2 Å². The number of hydrogen-bond donors (Lipinski definition) is 3. The minimum Gasteiger partial charge on any atom is -0.383 e. The van der Waals surface area contributed by atoms with Crippen LogP contribution in [0.15, 0.2) is 41.3 Å². The van der Waals surface area contributed by atoms with Gasteiger partial charge in [0.25, 0.3) is 0 Å². The van der Waals surface area contributed by atoms with Crippen LogP contribution in [-0.4, -0.2) is 21.5 Å². The van der Waals surface area contributed by atoms with Crippen LogP contribution in [0.1, 0.15) is 0 Å². The second-order valence-corrected chi connectivity index (χ2v) is 4.65. The second kappa shape index (κ2) is 5.16. The van der Waals surface area contributed by atoms with Gasteiger partial charge in [-0.05, 0) is 12.1 Å². The number of rotatable bonds is 4. The summed E-state index contributed by atoms with van der Waals surface area (Å²) >= 11 is 0. The predicted molar refractivity (Wildman–Crippen MR) is 70.1 cm³/mol. The lowest BCUT2D eigenvalue weighted by molar-refractivity contribution is 0.615. The van der Waals surface area contributed by atoms with Crippen LogP contribution in [0, 0.1) is 0 Å². The van der Waals surface area contributed by atoms with E-state index in [1.54, 1.807) is 12.1 Å². The summed E-state index contributed by atoms with van der Waals surface area (Å²) < 4.78 is 22.3. The van der Waals surface area contributed by atoms with Crippen molar-refractivity contribution in [1.29, 1.82) is 0 Å². The smallest absolute Gasteiger partial charge is 0.168 e. The quantitative estimate of drug-likeness (QED) is 0.713. The Kier molecular flexibility index (Phi) is 3.61. The van der Waals surface area contributed by atoms with E-state index in [1.807, 2.05) is 24.3 Å². The molecule has 0 aliphatic carbocycles. The third-order valence-corrected chi connectivity index (χ3v) is 3.34. The molecule has 2 rings (SSSR count). The van der Waals surface area contributed by atoms with Crippen LogP contribution >= 0.6 is 0 Å². The Hall–Kier alpha value is -1.59. The van der Waals surface area contributed by atoms with Gasteiger partial charge in [0.1, 0.15) is 0 Å². The normalized spacial score (nSPS) is 10.9. The Balaban J connectivity index is 2.61. The highest BCUT2D eigenvalue weighted by molar-refractivity contribution is 7.72. The van der Waals surface area contributed by atoms with Gasteiger partial charge in [-0.1, -0.05) is 24.3 Å². The minimum atomic E-state index is -2.57. The Labute approximate surface area is 101 Å². The molecule has 3 N–H and O–H groups in total. The molecule has 0 atom stereocenters. The lowest BCUT2D eigenvalue weighted by Gasteiger charge is -2.09. The van der Waals surface area contributed by atoms with Gasteiger partial charge in [-0.15, -0.1) is 0 Å². The van der Waals surface area contributed by atoms with Gasteiger partial charge in [-0.3, -0.25) is 0 Å². The van der Waals surface area contributed by atoms with E-state index in [1.165, 1.54) is 0 Å². The van der Waals surface area contributed by atoms with Gasteiger partial charge in [0, 0.05) is 29.5 Å². The standard InChI is InChI=1S/C12H14N2O2S/c13-7-8-14-11-5-1-4-10-9(11)3-2-6-12(10)17(15)16/h1-6,14,17H,7-8,13H2. The van der Waals surface area contributed by atoms with Gasteiger partial charge in [-0.2, -0.15) is 0 Å². The van der Waals surface area contributed by atoms with E-state index in [9.17, 15) is 8.42 Å². The van der Waals surface area contributed by atoms with Gasteiger partial charge in [0.2, 0.25) is 0 Å². The third kappa shape index (κ3) is 2.40. The molecule has 0 bridgehead atoms. The molecule has 5 heteroatoms. The van der Waals surface area contributed by atoms with Gasteiger partial charge < -0.3 is 11.1 Å². The first-order valence-electron chi connectivity index (χ1n) is 5.34. The van der Waals surface area contributed by atoms with Crippen LogP contribution in [0.2, 0.25) is 0 Å². The molecule has 0 aliphatic heterocycles. The number of thiol groups is 1. The summed E-state index contributed by atoms with van der Waals surface area (Å²) in [6.07, 6.45) is 0. The van der Waals surface area contributed by atoms with Gasteiger partial charge in [-0.25, -0.2) is 8.42 Å². The Bertz CT molecular complexity index is 600. The first-order valence-corrected chi connectivity index (χ1v) is 6.52. The highest BCUT2D eigenvalue weighted by Gasteiger charge is 2.05. The molecule has 2 aromatic rings. The summed E-state index contributed by atoms with van der Waals surface area (Å²) in [5.74, 6) is 0. The number of anilines is 1. The zero-order valence-electron chi connectivity index (χ0n) is 9.22. The monoisotopic (exact) mass is 250 g/mol. The molecule has 0 radical (unpaired) electrons. The molecule has 90 valence electrons. The first kappa shape index (κ1) is 11.9. The SMILES string of the molecule is NCCNc1cccc2c([SH](=O)=O)cccc12. The number of nitrogens with two attached hydrogens (primary N) is 1. The van der Waals surface area contributed by atoms with Crippen molar-refractivity contribution in [3.8, 4) is 0 Å². The van der Waals surface area contributed by atoms with Crippen LogP contribution in [0.25, 0.3) is 10.8 Å². The van der Waals surface area contributed by atoms with Crippen LogP contribution in [-0.2, 0) is 10.7 Å². The summed E-state index contributed by atoms with van der Waals surface area (Å²) in [6.45, 7) is 1.19. The van der Waals surface area contributed by atoms with Crippen molar-refractivity contribution in [3.63, 3.8) is 0 Å². The molecule has 0 heterocycles. The molecule has 0 aliphatic rings. The predicted octanol–water partition coefficient (Wildman–Crippen LogP) is 1.18. The molecular formula is C12H14N2O2S. The van der Waals surface area contributed by atoms with E-state index in [4.69, 9.17) is 5.73 Å². The Morgan fingerprint density at radius 2 is 1.76 bits per heavy atom. The molecule has 0 saturated carbocycles. The lowest BCUT2D eigenvalue weighted by atomic mass is 10.1. The maximum absolute atomic E-state index is 11.1. The van der Waals surface area contributed by atoms with Crippen molar-refractivity contribution in [2.24, 2.45) is 5.73 Å². The van der Waals surface area contributed by atoms with Crippen LogP contribution in [0.4, 0.5) is 5.69 Å². The molecule has 0 amide bonds. The third-order valence-electron chi connectivity index (χ3n) is 2.56. The molecule has 0 saturated heterocycles. The minimum absolute atomic E-state index is 0.355. The molecular weight excluding hydrogens is 236 g/mol. The first-order chi connectivity index (χ1) is 8.24. The highest BCUT2D eigenvalue weighted by atomic mass is 32.2. The lowest BCUT2D eigenvalue weighted by Crippen LogP contribution is -2.13. The molecule has 2 aromatic carbocycles. The zero-order chi connectivity index (χ0) is 12.3. The maximum Gasteiger partial charge on any atom is 0.168 e. The molecule has 17 heavy (non-hydrogen) atoms. The van der Waals surface area contributed by atoms with Crippen molar-refractivity contribution in [3.05, 3.63) is 36.4 Å². The van der Waals surface area contributed by atoms with E-state index in [-0.39, 0.29) is 0 Å². The number of benzene rings is 2. The molecule has 0 unspecified atom stereocenters. The average molecular weight is 250 g/mol. The number of fused-ring (bicyclic) bond motifs is 1. The fourth-order valence-corrected chi connectivity index (χ4v) is 2.41. The highest BCUT2D eigenvalue weighted by Crippen LogP contribution is 2.26. The molecule has 4 nitrogen and oxygen atoms in total. The summed E-state index contributed by atoms with van der Waals surface area (Å²) in [7, 11) is -2.57. The number of nitrogens with one attached hydrogen (secondary N) is 1. The van der Waals surface area contributed by atoms with E-state index < -0.39 is 10.7 Å². The summed E-state index contributed by atoms with van der Waals surface area (Å²) in [5, 5.41) is 4.82. The summed E-state index contributed by atoms with van der Waals surface area (Å²) in [6, 6.07) is 10.8. The van der Waals surface area contributed by atoms with Crippen molar-refractivity contribution in [2.45, 2.75) is 4.90 Å². The largest absolute Gasteiger partial charge is 0.383 e. The van der Waals surface area contributed by atoms with Crippen LogP contribution in [0.5, 0.6) is 0 Å².